The van der Waals surface area contributed by atoms with Crippen LogP contribution in [0.3, 0.4) is 0 Å². The van der Waals surface area contributed by atoms with E-state index in [1.165, 1.54) is 6.20 Å². The SMILES string of the molecule is Cl.Cl.NCCCCCCC(=O)Nc1ccc(NC(=O)c2ccccc2)nc1. The molecule has 0 bridgehead atoms. The fraction of sp³-hybridized carbons (Fsp3) is 0.316. The predicted molar refractivity (Wildman–Crippen MR) is 114 cm³/mol. The van der Waals surface area contributed by atoms with Gasteiger partial charge >= 0.3 is 0 Å². The van der Waals surface area contributed by atoms with Gasteiger partial charge in [-0.25, -0.2) is 4.98 Å². The molecule has 1 aromatic heterocycles. The highest BCUT2D eigenvalue weighted by Crippen LogP contribution is 2.12. The summed E-state index contributed by atoms with van der Waals surface area (Å²) >= 11 is 0. The van der Waals surface area contributed by atoms with Crippen molar-refractivity contribution in [3.63, 3.8) is 0 Å². The number of pyridine rings is 1. The maximum atomic E-state index is 12.0. The van der Waals surface area contributed by atoms with Crippen LogP contribution in [0.15, 0.2) is 48.7 Å². The van der Waals surface area contributed by atoms with Crippen molar-refractivity contribution >= 4 is 48.1 Å². The van der Waals surface area contributed by atoms with Crippen molar-refractivity contribution in [2.45, 2.75) is 32.1 Å². The zero-order valence-electron chi connectivity index (χ0n) is 15.0. The molecule has 0 spiro atoms. The summed E-state index contributed by atoms with van der Waals surface area (Å²) in [5, 5.41) is 5.53. The first-order chi connectivity index (χ1) is 12.2. The Kier molecular flexibility index (Phi) is 12.9. The van der Waals surface area contributed by atoms with Gasteiger partial charge in [-0.05, 0) is 43.7 Å². The van der Waals surface area contributed by atoms with E-state index < -0.39 is 0 Å². The molecule has 27 heavy (non-hydrogen) atoms. The van der Waals surface area contributed by atoms with Crippen LogP contribution in [0.5, 0.6) is 0 Å². The van der Waals surface area contributed by atoms with Crippen molar-refractivity contribution in [2.75, 3.05) is 17.2 Å². The third kappa shape index (κ3) is 9.38. The highest BCUT2D eigenvalue weighted by atomic mass is 35.5. The van der Waals surface area contributed by atoms with E-state index in [9.17, 15) is 9.59 Å². The molecule has 0 aliphatic rings. The van der Waals surface area contributed by atoms with Crippen molar-refractivity contribution in [2.24, 2.45) is 5.73 Å². The Bertz CT molecular complexity index is 682. The number of carbonyl (C=O) groups excluding carboxylic acids is 2. The maximum absolute atomic E-state index is 12.0. The van der Waals surface area contributed by atoms with Gasteiger partial charge in [0.2, 0.25) is 5.91 Å². The average Bonchev–Trinajstić information content (AvgIpc) is 2.64. The maximum Gasteiger partial charge on any atom is 0.256 e. The van der Waals surface area contributed by atoms with Crippen LogP contribution in [-0.4, -0.2) is 23.3 Å². The number of nitrogens with two attached hydrogens (primary N) is 1. The summed E-state index contributed by atoms with van der Waals surface area (Å²) < 4.78 is 0. The molecule has 0 aliphatic heterocycles. The summed E-state index contributed by atoms with van der Waals surface area (Å²) in [4.78, 5) is 28.1. The number of hydrogen-bond donors (Lipinski definition) is 3. The summed E-state index contributed by atoms with van der Waals surface area (Å²) in [7, 11) is 0. The molecule has 8 heteroatoms. The fourth-order valence-corrected chi connectivity index (χ4v) is 2.33. The summed E-state index contributed by atoms with van der Waals surface area (Å²) in [6.45, 7) is 0.699. The van der Waals surface area contributed by atoms with Crippen molar-refractivity contribution in [3.8, 4) is 0 Å². The number of anilines is 2. The molecule has 4 N–H and O–H groups in total. The summed E-state index contributed by atoms with van der Waals surface area (Å²) in [5.41, 5.74) is 6.62. The number of rotatable bonds is 9. The van der Waals surface area contributed by atoms with Gasteiger partial charge in [-0.15, -0.1) is 24.8 Å². The Balaban J connectivity index is 0.00000338. The van der Waals surface area contributed by atoms with E-state index >= 15 is 0 Å². The molecule has 6 nitrogen and oxygen atoms in total. The Morgan fingerprint density at radius 3 is 2.22 bits per heavy atom. The monoisotopic (exact) mass is 412 g/mol. The number of nitrogens with one attached hydrogen (secondary N) is 2. The minimum Gasteiger partial charge on any atom is -0.330 e. The van der Waals surface area contributed by atoms with E-state index in [0.29, 0.717) is 30.0 Å². The summed E-state index contributed by atoms with van der Waals surface area (Å²) in [5.74, 6) is 0.187. The second-order valence-electron chi connectivity index (χ2n) is 5.75. The largest absolute Gasteiger partial charge is 0.330 e. The third-order valence-corrected chi connectivity index (χ3v) is 3.68. The lowest BCUT2D eigenvalue weighted by atomic mass is 10.1. The van der Waals surface area contributed by atoms with Gasteiger partial charge in [0.25, 0.3) is 5.91 Å². The van der Waals surface area contributed by atoms with Gasteiger partial charge in [0.1, 0.15) is 5.82 Å². The average molecular weight is 413 g/mol. The van der Waals surface area contributed by atoms with Gasteiger partial charge in [-0.1, -0.05) is 31.0 Å². The van der Waals surface area contributed by atoms with Crippen molar-refractivity contribution < 1.29 is 9.59 Å². The number of benzene rings is 1. The first-order valence-corrected chi connectivity index (χ1v) is 8.51. The van der Waals surface area contributed by atoms with Crippen LogP contribution < -0.4 is 16.4 Å². The quantitative estimate of drug-likeness (QED) is 0.541. The van der Waals surface area contributed by atoms with Gasteiger partial charge in [-0.3, -0.25) is 9.59 Å². The van der Waals surface area contributed by atoms with E-state index in [1.54, 1.807) is 36.4 Å². The number of aromatic nitrogens is 1. The van der Waals surface area contributed by atoms with Crippen LogP contribution >= 0.6 is 24.8 Å². The molecule has 148 valence electrons. The first-order valence-electron chi connectivity index (χ1n) is 8.51. The van der Waals surface area contributed by atoms with Crippen LogP contribution in [0, 0.1) is 0 Å². The molecule has 0 fully saturated rings. The molecule has 0 saturated heterocycles. The fourth-order valence-electron chi connectivity index (χ4n) is 2.33. The zero-order chi connectivity index (χ0) is 17.9. The van der Waals surface area contributed by atoms with Gasteiger partial charge in [0.05, 0.1) is 11.9 Å². The number of halogens is 2. The van der Waals surface area contributed by atoms with Crippen LogP contribution in [0.25, 0.3) is 0 Å². The van der Waals surface area contributed by atoms with Crippen LogP contribution in [0.4, 0.5) is 11.5 Å². The van der Waals surface area contributed by atoms with E-state index in [2.05, 4.69) is 15.6 Å². The van der Waals surface area contributed by atoms with Gasteiger partial charge in [0, 0.05) is 12.0 Å². The number of nitrogens with zero attached hydrogens (tertiary/aromatic N) is 1. The lowest BCUT2D eigenvalue weighted by Crippen LogP contribution is -2.14. The molecule has 1 aromatic carbocycles. The van der Waals surface area contributed by atoms with E-state index in [1.807, 2.05) is 6.07 Å². The van der Waals surface area contributed by atoms with E-state index in [-0.39, 0.29) is 36.6 Å². The Hall–Kier alpha value is -2.15. The van der Waals surface area contributed by atoms with Crippen molar-refractivity contribution in [1.29, 1.82) is 0 Å². The smallest absolute Gasteiger partial charge is 0.256 e. The second-order valence-corrected chi connectivity index (χ2v) is 5.75. The van der Waals surface area contributed by atoms with Gasteiger partial charge < -0.3 is 16.4 Å². The first kappa shape index (κ1) is 24.8. The third-order valence-electron chi connectivity index (χ3n) is 3.68. The molecule has 2 rings (SSSR count). The van der Waals surface area contributed by atoms with Crippen LogP contribution in [0.2, 0.25) is 0 Å². The van der Waals surface area contributed by atoms with E-state index in [4.69, 9.17) is 5.73 Å². The zero-order valence-corrected chi connectivity index (χ0v) is 16.7. The lowest BCUT2D eigenvalue weighted by molar-refractivity contribution is -0.116. The predicted octanol–water partition coefficient (Wildman–Crippen LogP) is 4.03. The molecule has 2 amide bonds. The lowest BCUT2D eigenvalue weighted by Gasteiger charge is -2.07. The topological polar surface area (TPSA) is 97.1 Å². The minimum absolute atomic E-state index is 0. The summed E-state index contributed by atoms with van der Waals surface area (Å²) in [6.07, 6.45) is 5.94. The molecule has 0 atom stereocenters. The summed E-state index contributed by atoms with van der Waals surface area (Å²) in [6, 6.07) is 12.3. The van der Waals surface area contributed by atoms with Crippen molar-refractivity contribution in [1.82, 2.24) is 4.98 Å². The molecular formula is C19H26Cl2N4O2. The second kappa shape index (κ2) is 14.0. The molecule has 2 aromatic rings. The number of carbonyl (C=O) groups is 2. The number of unbranched alkanes of at least 4 members (excludes halogenated alkanes) is 3. The minimum atomic E-state index is -0.220. The number of hydrogen-bond acceptors (Lipinski definition) is 4. The molecule has 0 aliphatic carbocycles. The van der Waals surface area contributed by atoms with Gasteiger partial charge in [-0.2, -0.15) is 0 Å². The molecular weight excluding hydrogens is 387 g/mol. The van der Waals surface area contributed by atoms with E-state index in [0.717, 1.165) is 25.7 Å². The Morgan fingerprint density at radius 1 is 0.889 bits per heavy atom. The highest BCUT2D eigenvalue weighted by Gasteiger charge is 2.07. The number of amides is 2. The normalized spacial score (nSPS) is 9.52. The molecule has 0 unspecified atom stereocenters. The van der Waals surface area contributed by atoms with Crippen molar-refractivity contribution in [3.05, 3.63) is 54.2 Å². The molecule has 0 radical (unpaired) electrons. The molecule has 1 heterocycles. The van der Waals surface area contributed by atoms with Crippen LogP contribution in [-0.2, 0) is 4.79 Å². The van der Waals surface area contributed by atoms with Crippen LogP contribution in [0.1, 0.15) is 42.5 Å². The standard InChI is InChI=1S/C19H24N4O2.2ClH/c20-13-7-2-1-6-10-18(24)22-16-11-12-17(21-14-16)23-19(25)15-8-4-3-5-9-15;;/h3-5,8-9,11-12,14H,1-2,6-7,10,13,20H2,(H,22,24)(H,21,23,25);2*1H. The Morgan fingerprint density at radius 2 is 1.59 bits per heavy atom. The van der Waals surface area contributed by atoms with Gasteiger partial charge in [0.15, 0.2) is 0 Å². The molecule has 0 saturated carbocycles. The highest BCUT2D eigenvalue weighted by molar-refractivity contribution is 6.03. The Labute approximate surface area is 172 Å².